The van der Waals surface area contributed by atoms with Crippen molar-refractivity contribution in [3.63, 3.8) is 0 Å². The van der Waals surface area contributed by atoms with Crippen LogP contribution in [0.5, 0.6) is 17.2 Å². The van der Waals surface area contributed by atoms with E-state index in [1.54, 1.807) is 42.1 Å². The average Bonchev–Trinajstić information content (AvgIpc) is 3.27. The highest BCUT2D eigenvalue weighted by Gasteiger charge is 2.14. The first-order valence-corrected chi connectivity index (χ1v) is 10.8. The molecule has 0 aliphatic carbocycles. The summed E-state index contributed by atoms with van der Waals surface area (Å²) in [4.78, 5) is 32.1. The number of hydrogen-bond acceptors (Lipinski definition) is 8. The van der Waals surface area contributed by atoms with E-state index in [0.29, 0.717) is 39.1 Å². The molecular formula is C22H21N5O5S. The standard InChI is InChI=1S/C22H21N5O5S/c1-30-15-7-5-14(6-8-15)27-20-16(11-23-27)21(29)26-22(25-20)33-12-19(28)24-13-4-9-17(31-2)18(10-13)32-3/h4-11H,12H2,1-3H3,(H,24,28)(H,25,26,29). The number of carbonyl (C=O) groups is 1. The highest BCUT2D eigenvalue weighted by atomic mass is 32.2. The number of aromatic nitrogens is 4. The molecule has 0 radical (unpaired) electrons. The van der Waals surface area contributed by atoms with Crippen LogP contribution in [0.3, 0.4) is 0 Å². The lowest BCUT2D eigenvalue weighted by Gasteiger charge is -2.10. The lowest BCUT2D eigenvalue weighted by molar-refractivity contribution is -0.113. The first-order chi connectivity index (χ1) is 16.0. The number of amides is 1. The Labute approximate surface area is 192 Å². The van der Waals surface area contributed by atoms with Gasteiger partial charge in [-0.1, -0.05) is 11.8 Å². The predicted octanol–water partition coefficient (Wildman–Crippen LogP) is 2.87. The normalized spacial score (nSPS) is 10.8. The van der Waals surface area contributed by atoms with Gasteiger partial charge in [-0.15, -0.1) is 0 Å². The predicted molar refractivity (Wildman–Crippen MR) is 125 cm³/mol. The summed E-state index contributed by atoms with van der Waals surface area (Å²) in [6, 6.07) is 12.3. The average molecular weight is 468 g/mol. The van der Waals surface area contributed by atoms with Crippen molar-refractivity contribution in [3.8, 4) is 22.9 Å². The summed E-state index contributed by atoms with van der Waals surface area (Å²) in [7, 11) is 4.65. The summed E-state index contributed by atoms with van der Waals surface area (Å²) in [5.74, 6) is 1.55. The number of hydrogen-bond donors (Lipinski definition) is 2. The molecule has 0 bridgehead atoms. The highest BCUT2D eigenvalue weighted by molar-refractivity contribution is 7.99. The minimum atomic E-state index is -0.331. The number of benzene rings is 2. The van der Waals surface area contributed by atoms with E-state index in [4.69, 9.17) is 14.2 Å². The number of aromatic amines is 1. The molecule has 0 unspecified atom stereocenters. The van der Waals surface area contributed by atoms with Crippen LogP contribution < -0.4 is 25.1 Å². The molecule has 2 aromatic heterocycles. The van der Waals surface area contributed by atoms with Gasteiger partial charge < -0.3 is 24.5 Å². The Balaban J connectivity index is 1.50. The van der Waals surface area contributed by atoms with Gasteiger partial charge in [0.25, 0.3) is 5.56 Å². The molecule has 2 aromatic carbocycles. The van der Waals surface area contributed by atoms with Crippen molar-refractivity contribution in [2.24, 2.45) is 0 Å². The number of H-pyrrole nitrogens is 1. The van der Waals surface area contributed by atoms with Crippen LogP contribution in [-0.2, 0) is 4.79 Å². The van der Waals surface area contributed by atoms with E-state index in [1.165, 1.54) is 20.4 Å². The second-order valence-electron chi connectivity index (χ2n) is 6.77. The van der Waals surface area contributed by atoms with Gasteiger partial charge in [0.1, 0.15) is 11.1 Å². The molecule has 2 heterocycles. The van der Waals surface area contributed by atoms with Crippen LogP contribution in [0, 0.1) is 0 Å². The Kier molecular flexibility index (Phi) is 6.50. The molecule has 0 atom stereocenters. The zero-order valence-electron chi connectivity index (χ0n) is 18.1. The third-order valence-electron chi connectivity index (χ3n) is 4.74. The summed E-state index contributed by atoms with van der Waals surface area (Å²) in [6.45, 7) is 0. The number of methoxy groups -OCH3 is 3. The Morgan fingerprint density at radius 3 is 2.52 bits per heavy atom. The van der Waals surface area contributed by atoms with E-state index in [-0.39, 0.29) is 17.2 Å². The van der Waals surface area contributed by atoms with Crippen LogP contribution in [0.2, 0.25) is 0 Å². The number of rotatable bonds is 8. The number of ether oxygens (including phenoxy) is 3. The van der Waals surface area contributed by atoms with Gasteiger partial charge >= 0.3 is 0 Å². The van der Waals surface area contributed by atoms with Crippen LogP contribution in [0.15, 0.2) is 58.6 Å². The van der Waals surface area contributed by atoms with Gasteiger partial charge in [-0.25, -0.2) is 9.67 Å². The zero-order valence-corrected chi connectivity index (χ0v) is 18.9. The number of nitrogens with zero attached hydrogens (tertiary/aromatic N) is 3. The van der Waals surface area contributed by atoms with Gasteiger partial charge in [-0.3, -0.25) is 9.59 Å². The first-order valence-electron chi connectivity index (χ1n) is 9.79. The third-order valence-corrected chi connectivity index (χ3v) is 5.61. The second kappa shape index (κ2) is 9.65. The zero-order chi connectivity index (χ0) is 23.4. The molecule has 10 nitrogen and oxygen atoms in total. The van der Waals surface area contributed by atoms with Crippen molar-refractivity contribution in [3.05, 3.63) is 59.0 Å². The van der Waals surface area contributed by atoms with Crippen LogP contribution in [0.25, 0.3) is 16.7 Å². The molecule has 0 saturated heterocycles. The van der Waals surface area contributed by atoms with Crippen molar-refractivity contribution >= 4 is 34.4 Å². The molecule has 0 spiro atoms. The Hall–Kier alpha value is -3.99. The van der Waals surface area contributed by atoms with Crippen LogP contribution in [0.1, 0.15) is 0 Å². The molecule has 33 heavy (non-hydrogen) atoms. The first kappa shape index (κ1) is 22.2. The van der Waals surface area contributed by atoms with E-state index in [0.717, 1.165) is 17.4 Å². The van der Waals surface area contributed by atoms with Gasteiger partial charge in [0.05, 0.1) is 39.0 Å². The maximum atomic E-state index is 12.5. The monoisotopic (exact) mass is 467 g/mol. The molecule has 170 valence electrons. The van der Waals surface area contributed by atoms with Crippen LogP contribution in [-0.4, -0.2) is 52.7 Å². The van der Waals surface area contributed by atoms with E-state index >= 15 is 0 Å². The minimum Gasteiger partial charge on any atom is -0.497 e. The number of nitrogens with one attached hydrogen (secondary N) is 2. The smallest absolute Gasteiger partial charge is 0.262 e. The molecule has 11 heteroatoms. The summed E-state index contributed by atoms with van der Waals surface area (Å²) in [6.07, 6.45) is 1.46. The lowest BCUT2D eigenvalue weighted by Crippen LogP contribution is -2.15. The highest BCUT2D eigenvalue weighted by Crippen LogP contribution is 2.30. The van der Waals surface area contributed by atoms with Gasteiger partial charge in [0.2, 0.25) is 5.91 Å². The van der Waals surface area contributed by atoms with Crippen LogP contribution in [0.4, 0.5) is 5.69 Å². The van der Waals surface area contributed by atoms with Gasteiger partial charge in [-0.05, 0) is 36.4 Å². The fourth-order valence-electron chi connectivity index (χ4n) is 3.12. The fraction of sp³-hybridized carbons (Fsp3) is 0.182. The van der Waals surface area contributed by atoms with Crippen LogP contribution >= 0.6 is 11.8 Å². The summed E-state index contributed by atoms with van der Waals surface area (Å²) in [5.41, 5.74) is 1.35. The molecule has 0 aliphatic heterocycles. The molecular weight excluding hydrogens is 446 g/mol. The molecule has 0 fully saturated rings. The van der Waals surface area contributed by atoms with Crippen molar-refractivity contribution in [1.29, 1.82) is 0 Å². The van der Waals surface area contributed by atoms with Gasteiger partial charge in [-0.2, -0.15) is 5.10 Å². The largest absolute Gasteiger partial charge is 0.497 e. The fourth-order valence-corrected chi connectivity index (χ4v) is 3.78. The van der Waals surface area contributed by atoms with E-state index in [2.05, 4.69) is 20.4 Å². The maximum Gasteiger partial charge on any atom is 0.262 e. The Bertz CT molecular complexity index is 1350. The SMILES string of the molecule is COc1ccc(-n2ncc3c(=O)[nH]c(SCC(=O)Nc4ccc(OC)c(OC)c4)nc32)cc1. The molecule has 1 amide bonds. The van der Waals surface area contributed by atoms with Crippen molar-refractivity contribution in [2.45, 2.75) is 5.16 Å². The number of fused-ring (bicyclic) bond motifs is 1. The van der Waals surface area contributed by atoms with E-state index in [9.17, 15) is 9.59 Å². The summed E-state index contributed by atoms with van der Waals surface area (Å²) < 4.78 is 17.2. The van der Waals surface area contributed by atoms with Gasteiger partial charge in [0.15, 0.2) is 22.3 Å². The third kappa shape index (κ3) is 4.77. The molecule has 0 saturated carbocycles. The second-order valence-corrected chi connectivity index (χ2v) is 7.73. The number of carbonyl (C=O) groups excluding carboxylic acids is 1. The number of anilines is 1. The molecule has 4 aromatic rings. The lowest BCUT2D eigenvalue weighted by atomic mass is 10.2. The Morgan fingerprint density at radius 2 is 1.82 bits per heavy atom. The molecule has 4 rings (SSSR count). The molecule has 0 aliphatic rings. The van der Waals surface area contributed by atoms with E-state index < -0.39 is 0 Å². The molecule has 2 N–H and O–H groups in total. The quantitative estimate of drug-likeness (QED) is 0.300. The van der Waals surface area contributed by atoms with Gasteiger partial charge in [0, 0.05) is 11.8 Å². The van der Waals surface area contributed by atoms with Crippen molar-refractivity contribution < 1.29 is 19.0 Å². The summed E-state index contributed by atoms with van der Waals surface area (Å²) in [5, 5.41) is 7.74. The summed E-state index contributed by atoms with van der Waals surface area (Å²) >= 11 is 1.11. The minimum absolute atomic E-state index is 0.0411. The van der Waals surface area contributed by atoms with Crippen molar-refractivity contribution in [2.75, 3.05) is 32.4 Å². The topological polar surface area (TPSA) is 120 Å². The Morgan fingerprint density at radius 1 is 1.06 bits per heavy atom. The number of thioether (sulfide) groups is 1. The van der Waals surface area contributed by atoms with Crippen molar-refractivity contribution in [1.82, 2.24) is 19.7 Å². The maximum absolute atomic E-state index is 12.5. The van der Waals surface area contributed by atoms with E-state index in [1.807, 2.05) is 12.1 Å².